The van der Waals surface area contributed by atoms with E-state index in [4.69, 9.17) is 4.84 Å². The summed E-state index contributed by atoms with van der Waals surface area (Å²) in [6.07, 6.45) is 0. The minimum Gasteiger partial charge on any atom is -0.391 e. The van der Waals surface area contributed by atoms with E-state index in [9.17, 15) is 0 Å². The SMILES string of the molecule is C1=[SiH]NOc2ccccc21.[SiH3][SiH2][SiH2][SiH2][SiH2][SiH3]. The number of rotatable bonds is 3. The zero-order chi connectivity index (χ0) is 11.6. The van der Waals surface area contributed by atoms with Crippen molar-refractivity contribution in [3.8, 4) is 5.75 Å². The Labute approximate surface area is 114 Å². The number of para-hydroxylation sites is 1. The Kier molecular flexibility index (Phi) is 8.26. The molecule has 0 aliphatic carbocycles. The van der Waals surface area contributed by atoms with E-state index in [0.717, 1.165) is 40.0 Å². The zero-order valence-electron chi connectivity index (χ0n) is 10.2. The average Bonchev–Trinajstić information content (AvgIpc) is 2.37. The van der Waals surface area contributed by atoms with E-state index in [1.807, 2.05) is 18.2 Å². The van der Waals surface area contributed by atoms with Gasteiger partial charge in [-0.2, -0.15) is 0 Å². The molecule has 1 aliphatic heterocycles. The van der Waals surface area contributed by atoms with Crippen molar-refractivity contribution in [1.29, 1.82) is 0 Å². The smallest absolute Gasteiger partial charge is 0.160 e. The second kappa shape index (κ2) is 9.26. The number of nitrogens with one attached hydrogen (secondary N) is 1. The average molecular weight is 332 g/mol. The minimum absolute atomic E-state index is 0.137. The van der Waals surface area contributed by atoms with Gasteiger partial charge in [0.05, 0.1) is 0 Å². The Balaban J connectivity index is 0.000000187. The van der Waals surface area contributed by atoms with Gasteiger partial charge in [0.2, 0.25) is 0 Å². The zero-order valence-corrected chi connectivity index (χ0v) is 21.0. The Hall–Kier alpha value is 0.208. The summed E-state index contributed by atoms with van der Waals surface area (Å²) in [6, 6.07) is 8.00. The van der Waals surface area contributed by atoms with Gasteiger partial charge in [0, 0.05) is 5.56 Å². The van der Waals surface area contributed by atoms with Crippen molar-refractivity contribution >= 4 is 68.7 Å². The fourth-order valence-corrected chi connectivity index (χ4v) is 123. The monoisotopic (exact) mass is 331 g/mol. The van der Waals surface area contributed by atoms with Crippen molar-refractivity contribution in [1.82, 2.24) is 5.15 Å². The summed E-state index contributed by atoms with van der Waals surface area (Å²) in [7, 11) is 6.80. The fourth-order valence-electron chi connectivity index (χ4n) is 1.43. The number of hydrogen-bond donors (Lipinski definition) is 1. The van der Waals surface area contributed by atoms with Gasteiger partial charge < -0.3 is 4.84 Å². The van der Waals surface area contributed by atoms with E-state index in [2.05, 4.69) is 16.9 Å². The van der Waals surface area contributed by atoms with Gasteiger partial charge in [-0.15, -0.1) is 0 Å². The van der Waals surface area contributed by atoms with E-state index < -0.39 is 0 Å². The van der Waals surface area contributed by atoms with Crippen molar-refractivity contribution in [2.24, 2.45) is 0 Å². The predicted molar refractivity (Wildman–Crippen MR) is 96.6 cm³/mol. The Morgan fingerprint density at radius 1 is 1.12 bits per heavy atom. The van der Waals surface area contributed by atoms with Gasteiger partial charge >= 0.3 is 0 Å². The number of fused-ring (bicyclic) bond motifs is 1. The second-order valence-electron chi connectivity index (χ2n) is 3.80. The van der Waals surface area contributed by atoms with Crippen LogP contribution in [0.15, 0.2) is 24.3 Å². The molecule has 0 fully saturated rings. The molecule has 1 N–H and O–H groups in total. The molecule has 16 heavy (non-hydrogen) atoms. The number of hydrogen-bond acceptors (Lipinski definition) is 2. The van der Waals surface area contributed by atoms with Gasteiger partial charge in [-0.1, -0.05) is 23.9 Å². The number of benzene rings is 1. The van der Waals surface area contributed by atoms with E-state index in [0.29, 0.717) is 0 Å². The topological polar surface area (TPSA) is 21.3 Å². The van der Waals surface area contributed by atoms with Gasteiger partial charge in [0.25, 0.3) is 0 Å². The molecule has 0 bridgehead atoms. The molecular weight excluding hydrogens is 311 g/mol. The van der Waals surface area contributed by atoms with Crippen LogP contribution >= 0.6 is 0 Å². The fraction of sp³-hybridized carbons (Fsp3) is 0. The third kappa shape index (κ3) is 5.51. The molecule has 2 nitrogen and oxygen atoms in total. The highest BCUT2D eigenvalue weighted by Crippen LogP contribution is 2.14. The summed E-state index contributed by atoms with van der Waals surface area (Å²) < 4.78 is 0. The first-order valence-electron chi connectivity index (χ1n) is 6.06. The maximum Gasteiger partial charge on any atom is 0.160 e. The highest BCUT2D eigenvalue weighted by atomic mass is 29.9. The lowest BCUT2D eigenvalue weighted by Gasteiger charge is -2.11. The third-order valence-corrected chi connectivity index (χ3v) is 79.7. The summed E-state index contributed by atoms with van der Waals surface area (Å²) in [5.74, 6) is 0.932. The van der Waals surface area contributed by atoms with Gasteiger partial charge in [-0.05, 0) is 59.8 Å². The van der Waals surface area contributed by atoms with Crippen molar-refractivity contribution < 1.29 is 4.84 Å². The van der Waals surface area contributed by atoms with Gasteiger partial charge in [0.15, 0.2) is 15.0 Å². The molecule has 0 spiro atoms. The minimum atomic E-state index is 0.137. The molecule has 1 aliphatic rings. The molecular formula is C7H21NOSi7. The van der Waals surface area contributed by atoms with E-state index >= 15 is 0 Å². The predicted octanol–water partition coefficient (Wildman–Crippen LogP) is -5.95. The molecule has 0 atom stereocenters. The Bertz CT molecular complexity index is 330. The van der Waals surface area contributed by atoms with E-state index in [-0.39, 0.29) is 9.29 Å². The first-order valence-corrected chi connectivity index (χ1v) is 30.6. The van der Waals surface area contributed by atoms with Crippen LogP contribution in [0.25, 0.3) is 0 Å². The highest BCUT2D eigenvalue weighted by Gasteiger charge is 2.01. The van der Waals surface area contributed by atoms with E-state index in [1.165, 1.54) is 5.56 Å². The lowest BCUT2D eigenvalue weighted by molar-refractivity contribution is 0.274. The quantitative estimate of drug-likeness (QED) is 0.440. The maximum absolute atomic E-state index is 5.18. The standard InChI is InChI=1S/C7H7NOSi.H14Si6/c1-2-4-7-6(3-1)5-10-8-9-7;1-3-5-6-4-2/h1-5,8,10H;3-6H2,1-2H3. The summed E-state index contributed by atoms with van der Waals surface area (Å²) >= 11 is 0. The first kappa shape index (κ1) is 14.3. The van der Waals surface area contributed by atoms with Crippen molar-refractivity contribution in [2.75, 3.05) is 0 Å². The van der Waals surface area contributed by atoms with Crippen LogP contribution in [0.5, 0.6) is 5.75 Å². The first-order chi connectivity index (χ1) is 7.88. The summed E-state index contributed by atoms with van der Waals surface area (Å²) in [4.78, 5) is 5.18. The largest absolute Gasteiger partial charge is 0.391 e. The molecule has 1 heterocycles. The van der Waals surface area contributed by atoms with Crippen LogP contribution in [-0.4, -0.2) is 68.7 Å². The van der Waals surface area contributed by atoms with E-state index in [1.54, 1.807) is 19.5 Å². The molecule has 2 rings (SSSR count). The molecule has 1 aromatic rings. The van der Waals surface area contributed by atoms with Gasteiger partial charge in [-0.25, -0.2) is 0 Å². The maximum atomic E-state index is 5.18. The van der Waals surface area contributed by atoms with Crippen LogP contribution < -0.4 is 9.98 Å². The molecule has 0 saturated heterocycles. The molecule has 0 unspecified atom stereocenters. The summed E-state index contributed by atoms with van der Waals surface area (Å²) in [5, 5.41) is 2.87. The van der Waals surface area contributed by atoms with Crippen LogP contribution in [0.3, 0.4) is 0 Å². The molecule has 0 amide bonds. The Morgan fingerprint density at radius 3 is 2.44 bits per heavy atom. The molecule has 0 radical (unpaired) electrons. The highest BCUT2D eigenvalue weighted by molar-refractivity contribution is 7.56. The Morgan fingerprint density at radius 2 is 1.81 bits per heavy atom. The normalized spacial score (nSPS) is 15.0. The summed E-state index contributed by atoms with van der Waals surface area (Å²) in [6.45, 7) is 0. The molecule has 9 heteroatoms. The molecule has 0 saturated carbocycles. The summed E-state index contributed by atoms with van der Waals surface area (Å²) in [5.41, 5.74) is 3.38. The van der Waals surface area contributed by atoms with Crippen LogP contribution in [-0.2, 0) is 0 Å². The van der Waals surface area contributed by atoms with Crippen molar-refractivity contribution in [3.05, 3.63) is 29.8 Å². The lowest BCUT2D eigenvalue weighted by atomic mass is 10.2. The van der Waals surface area contributed by atoms with Crippen LogP contribution in [0, 0.1) is 0 Å². The van der Waals surface area contributed by atoms with Crippen LogP contribution in [0.1, 0.15) is 5.56 Å². The second-order valence-corrected chi connectivity index (χ2v) is 49.1. The molecule has 1 aromatic carbocycles. The van der Waals surface area contributed by atoms with Gasteiger partial charge in [0.1, 0.15) is 0 Å². The van der Waals surface area contributed by atoms with Crippen LogP contribution in [0.4, 0.5) is 0 Å². The van der Waals surface area contributed by atoms with Crippen LogP contribution in [0.2, 0.25) is 0 Å². The molecule has 88 valence electrons. The van der Waals surface area contributed by atoms with Crippen molar-refractivity contribution in [2.45, 2.75) is 0 Å². The third-order valence-electron chi connectivity index (χ3n) is 2.38. The lowest BCUT2D eigenvalue weighted by Crippen LogP contribution is -2.24. The molecule has 0 aromatic heterocycles. The van der Waals surface area contributed by atoms with Crippen molar-refractivity contribution in [3.63, 3.8) is 0 Å². The van der Waals surface area contributed by atoms with Gasteiger partial charge in [-0.3, -0.25) is 5.15 Å².